The van der Waals surface area contributed by atoms with Gasteiger partial charge in [-0.05, 0) is 0 Å². The molecule has 172 valence electrons. The third-order valence-electron chi connectivity index (χ3n) is 6.08. The zero-order valence-electron chi connectivity index (χ0n) is 17.9. The first kappa shape index (κ1) is 21.6. The molecule has 3 aromatic rings. The van der Waals surface area contributed by atoms with Crippen molar-refractivity contribution in [2.75, 3.05) is 31.3 Å². The van der Waals surface area contributed by atoms with Crippen LogP contribution in [0.3, 0.4) is 0 Å². The van der Waals surface area contributed by atoms with Crippen LogP contribution in [0.5, 0.6) is 0 Å². The van der Waals surface area contributed by atoms with Crippen molar-refractivity contribution in [3.05, 3.63) is 30.6 Å². The van der Waals surface area contributed by atoms with Crippen LogP contribution in [0, 0.1) is 0 Å². The normalized spacial score (nSPS) is 22.9. The summed E-state index contributed by atoms with van der Waals surface area (Å²) in [4.78, 5) is 42.3. The van der Waals surface area contributed by atoms with E-state index in [1.807, 2.05) is 22.6 Å². The second kappa shape index (κ2) is 8.62. The van der Waals surface area contributed by atoms with E-state index in [0.717, 1.165) is 25.0 Å². The molecule has 0 saturated carbocycles. The number of hydrogen-bond donors (Lipinski definition) is 3. The Labute approximate surface area is 186 Å². The monoisotopic (exact) mass is 461 g/mol. The van der Waals surface area contributed by atoms with Crippen LogP contribution in [0.2, 0.25) is 0 Å². The summed E-state index contributed by atoms with van der Waals surface area (Å²) in [5.74, 6) is 0.548. The standard InChI is InChI=1S/C21H28N5O5P/c1-14-13-30-11-9-25(14)18-12-17(32(27,28)29)15-5-7-22-21(20(15)24-18)16-6-8-23-26(16)19-4-2-3-10-31-19/h5-8,12,14,19,27-29,32H,2-4,9-11,13H2,1H3/t14-,19?/m1/s1. The molecule has 32 heavy (non-hydrogen) atoms. The fraction of sp³-hybridized carbons (Fsp3) is 0.476. The van der Waals surface area contributed by atoms with Crippen molar-refractivity contribution in [2.45, 2.75) is 38.5 Å². The number of nitrogens with zero attached hydrogens (tertiary/aromatic N) is 5. The molecular weight excluding hydrogens is 433 g/mol. The maximum absolute atomic E-state index is 10.3. The molecule has 0 spiro atoms. The van der Waals surface area contributed by atoms with Gasteiger partial charge in [-0.1, -0.05) is 0 Å². The second-order valence-electron chi connectivity index (χ2n) is 8.32. The van der Waals surface area contributed by atoms with E-state index in [0.29, 0.717) is 48.8 Å². The molecule has 2 atom stereocenters. The van der Waals surface area contributed by atoms with Gasteiger partial charge in [0.1, 0.15) is 0 Å². The molecule has 0 radical (unpaired) electrons. The summed E-state index contributed by atoms with van der Waals surface area (Å²) >= 11 is 0. The summed E-state index contributed by atoms with van der Waals surface area (Å²) in [5, 5.41) is 5.01. The number of pyridine rings is 2. The van der Waals surface area contributed by atoms with Crippen molar-refractivity contribution < 1.29 is 24.2 Å². The fourth-order valence-electron chi connectivity index (χ4n) is 4.47. The fourth-order valence-corrected chi connectivity index (χ4v) is 5.35. The van der Waals surface area contributed by atoms with E-state index in [-0.39, 0.29) is 17.6 Å². The van der Waals surface area contributed by atoms with E-state index < -0.39 is 7.94 Å². The summed E-state index contributed by atoms with van der Waals surface area (Å²) < 4.78 is 13.3. The molecule has 0 bridgehead atoms. The van der Waals surface area contributed by atoms with Crippen LogP contribution in [0.15, 0.2) is 30.6 Å². The van der Waals surface area contributed by atoms with Gasteiger partial charge < -0.3 is 0 Å². The van der Waals surface area contributed by atoms with Gasteiger partial charge in [0.05, 0.1) is 0 Å². The van der Waals surface area contributed by atoms with E-state index >= 15 is 0 Å². The van der Waals surface area contributed by atoms with E-state index in [1.165, 1.54) is 0 Å². The van der Waals surface area contributed by atoms with Crippen LogP contribution >= 0.6 is 7.94 Å². The van der Waals surface area contributed by atoms with Crippen LogP contribution in [-0.2, 0) is 9.47 Å². The van der Waals surface area contributed by atoms with Crippen LogP contribution < -0.4 is 10.2 Å². The van der Waals surface area contributed by atoms with E-state index in [1.54, 1.807) is 24.5 Å². The van der Waals surface area contributed by atoms with Crippen LogP contribution in [0.1, 0.15) is 32.4 Å². The second-order valence-corrected chi connectivity index (χ2v) is 10.1. The first-order valence-electron chi connectivity index (χ1n) is 10.9. The van der Waals surface area contributed by atoms with Gasteiger partial charge in [-0.2, -0.15) is 0 Å². The minimum absolute atomic E-state index is 0.0509. The van der Waals surface area contributed by atoms with Gasteiger partial charge in [0.25, 0.3) is 0 Å². The van der Waals surface area contributed by atoms with Crippen LogP contribution in [0.4, 0.5) is 5.82 Å². The topological polar surface area (TPSA) is 126 Å². The first-order chi connectivity index (χ1) is 15.4. The van der Waals surface area contributed by atoms with Gasteiger partial charge in [-0.25, -0.2) is 0 Å². The Kier molecular flexibility index (Phi) is 5.83. The number of rotatable bonds is 4. The Morgan fingerprint density at radius 1 is 1.12 bits per heavy atom. The van der Waals surface area contributed by atoms with E-state index in [4.69, 9.17) is 14.5 Å². The number of ether oxygens (including phenoxy) is 2. The number of aromatic nitrogens is 4. The van der Waals surface area contributed by atoms with Crippen molar-refractivity contribution >= 4 is 30.0 Å². The Morgan fingerprint density at radius 3 is 2.75 bits per heavy atom. The molecular formula is C21H28N5O5P. The van der Waals surface area contributed by atoms with Gasteiger partial charge in [-0.15, -0.1) is 0 Å². The first-order valence-corrected chi connectivity index (χ1v) is 12.7. The average Bonchev–Trinajstić information content (AvgIpc) is 3.28. The van der Waals surface area contributed by atoms with E-state index in [2.05, 4.69) is 10.1 Å². The van der Waals surface area contributed by atoms with Crippen molar-refractivity contribution in [1.82, 2.24) is 19.7 Å². The van der Waals surface area contributed by atoms with Gasteiger partial charge in [0, 0.05) is 0 Å². The molecule has 3 N–H and O–H groups in total. The van der Waals surface area contributed by atoms with Gasteiger partial charge in [-0.3, -0.25) is 0 Å². The third-order valence-corrected chi connectivity index (χ3v) is 7.22. The van der Waals surface area contributed by atoms with Crippen molar-refractivity contribution in [3.63, 3.8) is 0 Å². The molecule has 3 aromatic heterocycles. The molecule has 0 aromatic carbocycles. The average molecular weight is 461 g/mol. The van der Waals surface area contributed by atoms with E-state index in [9.17, 15) is 14.7 Å². The molecule has 5 rings (SSSR count). The SMILES string of the molecule is C[C@@H]1COCCN1c1cc([PH](O)(O)O)c2ccnc(-c3ccnn3C3CCCCO3)c2n1. The Balaban J connectivity index is 1.70. The molecule has 10 nitrogen and oxygen atoms in total. The molecule has 1 unspecified atom stereocenters. The molecule has 2 fully saturated rings. The molecule has 2 saturated heterocycles. The predicted molar refractivity (Wildman–Crippen MR) is 122 cm³/mol. The molecule has 11 heteroatoms. The Bertz CT molecular complexity index is 1110. The van der Waals surface area contributed by atoms with Crippen LogP contribution in [-0.4, -0.2) is 66.8 Å². The number of anilines is 1. The van der Waals surface area contributed by atoms with Crippen molar-refractivity contribution in [3.8, 4) is 11.4 Å². The predicted octanol–water partition coefficient (Wildman–Crippen LogP) is 1.51. The number of hydrogen-bond acceptors (Lipinski definition) is 9. The molecule has 0 amide bonds. The van der Waals surface area contributed by atoms with Gasteiger partial charge in [0.15, 0.2) is 0 Å². The maximum atomic E-state index is 10.3. The summed E-state index contributed by atoms with van der Waals surface area (Å²) in [7, 11) is -4.64. The molecule has 2 aliphatic rings. The quantitative estimate of drug-likeness (QED) is 0.496. The summed E-state index contributed by atoms with van der Waals surface area (Å²) in [6.45, 7) is 4.40. The minimum atomic E-state index is -4.64. The molecule has 0 aliphatic carbocycles. The number of fused-ring (bicyclic) bond motifs is 1. The zero-order valence-corrected chi connectivity index (χ0v) is 18.9. The van der Waals surface area contributed by atoms with Gasteiger partial charge in [0.2, 0.25) is 0 Å². The summed E-state index contributed by atoms with van der Waals surface area (Å²) in [6.07, 6.45) is 6.04. The van der Waals surface area contributed by atoms with Crippen LogP contribution in [0.25, 0.3) is 22.3 Å². The molecule has 2 aliphatic heterocycles. The third kappa shape index (κ3) is 3.98. The summed E-state index contributed by atoms with van der Waals surface area (Å²) in [6, 6.07) is 5.12. The Morgan fingerprint density at radius 2 is 2.00 bits per heavy atom. The van der Waals surface area contributed by atoms with Crippen molar-refractivity contribution in [2.24, 2.45) is 0 Å². The van der Waals surface area contributed by atoms with Gasteiger partial charge >= 0.3 is 186 Å². The Hall–Kier alpha value is -2.20. The molecule has 5 heterocycles. The number of morpholine rings is 1. The zero-order chi connectivity index (χ0) is 22.3. The summed E-state index contributed by atoms with van der Waals surface area (Å²) in [5.41, 5.74) is 1.76. The van der Waals surface area contributed by atoms with Crippen molar-refractivity contribution in [1.29, 1.82) is 0 Å².